The van der Waals surface area contributed by atoms with E-state index in [2.05, 4.69) is 12.1 Å². The number of aliphatic hydroxyl groups is 1. The van der Waals surface area contributed by atoms with E-state index in [1.807, 2.05) is 32.2 Å². The van der Waals surface area contributed by atoms with Crippen molar-refractivity contribution in [2.24, 2.45) is 11.1 Å². The van der Waals surface area contributed by atoms with Gasteiger partial charge >= 0.3 is 0 Å². The van der Waals surface area contributed by atoms with Gasteiger partial charge in [0.25, 0.3) is 0 Å². The molecule has 0 bridgehead atoms. The monoisotopic (exact) mass is 225 g/mol. The third kappa shape index (κ3) is 2.97. The molecule has 0 unspecified atom stereocenters. The van der Waals surface area contributed by atoms with Crippen molar-refractivity contribution in [2.75, 3.05) is 12.9 Å². The van der Waals surface area contributed by atoms with Gasteiger partial charge in [0, 0.05) is 23.0 Å². The predicted molar refractivity (Wildman–Crippen MR) is 66.0 cm³/mol. The van der Waals surface area contributed by atoms with Gasteiger partial charge in [0.2, 0.25) is 0 Å². The highest BCUT2D eigenvalue weighted by atomic mass is 32.2. The highest BCUT2D eigenvalue weighted by molar-refractivity contribution is 7.98. The average Bonchev–Trinajstić information content (AvgIpc) is 2.28. The van der Waals surface area contributed by atoms with E-state index >= 15 is 0 Å². The number of rotatable bonds is 4. The summed E-state index contributed by atoms with van der Waals surface area (Å²) in [5, 5.41) is 9.24. The molecule has 84 valence electrons. The maximum absolute atomic E-state index is 9.24. The Morgan fingerprint density at radius 1 is 1.33 bits per heavy atom. The molecule has 1 aromatic carbocycles. The Kier molecular flexibility index (Phi) is 4.20. The van der Waals surface area contributed by atoms with Gasteiger partial charge in [-0.15, -0.1) is 11.8 Å². The Bertz CT molecular complexity index is 308. The van der Waals surface area contributed by atoms with E-state index in [0.29, 0.717) is 0 Å². The molecule has 0 saturated carbocycles. The highest BCUT2D eigenvalue weighted by Gasteiger charge is 2.26. The number of hydrogen-bond acceptors (Lipinski definition) is 3. The van der Waals surface area contributed by atoms with Crippen molar-refractivity contribution in [2.45, 2.75) is 24.8 Å². The molecular weight excluding hydrogens is 206 g/mol. The van der Waals surface area contributed by atoms with Gasteiger partial charge < -0.3 is 10.8 Å². The average molecular weight is 225 g/mol. The van der Waals surface area contributed by atoms with Gasteiger partial charge in [-0.05, 0) is 24.0 Å². The maximum Gasteiger partial charge on any atom is 0.0500 e. The van der Waals surface area contributed by atoms with Crippen molar-refractivity contribution in [3.8, 4) is 0 Å². The number of nitrogens with two attached hydrogens (primary N) is 1. The normalized spacial score (nSPS) is 13.9. The number of thioether (sulfide) groups is 1. The molecule has 2 nitrogen and oxygen atoms in total. The van der Waals surface area contributed by atoms with Crippen molar-refractivity contribution in [1.82, 2.24) is 0 Å². The summed E-state index contributed by atoms with van der Waals surface area (Å²) in [5.74, 6) is 0. The lowest BCUT2D eigenvalue weighted by Crippen LogP contribution is -2.32. The number of benzene rings is 1. The molecule has 0 heterocycles. The van der Waals surface area contributed by atoms with Gasteiger partial charge in [0.05, 0.1) is 0 Å². The van der Waals surface area contributed by atoms with Crippen LogP contribution in [0.4, 0.5) is 0 Å². The fraction of sp³-hybridized carbons (Fsp3) is 0.500. The lowest BCUT2D eigenvalue weighted by atomic mass is 9.82. The summed E-state index contributed by atoms with van der Waals surface area (Å²) in [6.07, 6.45) is 2.05. The first-order valence-electron chi connectivity index (χ1n) is 5.01. The van der Waals surface area contributed by atoms with Crippen LogP contribution in [0.5, 0.6) is 0 Å². The molecule has 0 radical (unpaired) electrons. The van der Waals surface area contributed by atoms with Crippen LogP contribution in [0.15, 0.2) is 29.2 Å². The van der Waals surface area contributed by atoms with E-state index in [1.54, 1.807) is 11.8 Å². The van der Waals surface area contributed by atoms with Crippen LogP contribution in [-0.4, -0.2) is 18.0 Å². The Hall–Kier alpha value is -0.510. The molecule has 0 aliphatic rings. The van der Waals surface area contributed by atoms with E-state index < -0.39 is 0 Å². The van der Waals surface area contributed by atoms with Crippen LogP contribution < -0.4 is 5.73 Å². The first-order valence-corrected chi connectivity index (χ1v) is 6.24. The maximum atomic E-state index is 9.24. The van der Waals surface area contributed by atoms with Gasteiger partial charge in [0.15, 0.2) is 0 Å². The van der Waals surface area contributed by atoms with E-state index in [1.165, 1.54) is 4.90 Å². The van der Waals surface area contributed by atoms with Gasteiger partial charge in [-0.25, -0.2) is 0 Å². The zero-order valence-corrected chi connectivity index (χ0v) is 10.3. The molecule has 15 heavy (non-hydrogen) atoms. The minimum absolute atomic E-state index is 0.0957. The Labute approximate surface area is 95.9 Å². The van der Waals surface area contributed by atoms with Gasteiger partial charge in [0.1, 0.15) is 0 Å². The number of hydrogen-bond donors (Lipinski definition) is 2. The van der Waals surface area contributed by atoms with Crippen molar-refractivity contribution in [3.05, 3.63) is 29.8 Å². The van der Waals surface area contributed by atoms with E-state index in [4.69, 9.17) is 5.73 Å². The topological polar surface area (TPSA) is 46.2 Å². The summed E-state index contributed by atoms with van der Waals surface area (Å²) in [5.41, 5.74) is 6.91. The second kappa shape index (κ2) is 5.01. The second-order valence-electron chi connectivity index (χ2n) is 4.40. The summed E-state index contributed by atoms with van der Waals surface area (Å²) < 4.78 is 0. The van der Waals surface area contributed by atoms with Crippen molar-refractivity contribution in [3.63, 3.8) is 0 Å². The molecule has 0 spiro atoms. The second-order valence-corrected chi connectivity index (χ2v) is 5.28. The quantitative estimate of drug-likeness (QED) is 0.774. The highest BCUT2D eigenvalue weighted by Crippen LogP contribution is 2.31. The molecule has 0 amide bonds. The van der Waals surface area contributed by atoms with Crippen LogP contribution in [0.1, 0.15) is 25.5 Å². The molecule has 3 heteroatoms. The minimum atomic E-state index is -0.277. The van der Waals surface area contributed by atoms with Crippen LogP contribution in [0.2, 0.25) is 0 Å². The van der Waals surface area contributed by atoms with Crippen molar-refractivity contribution >= 4 is 11.8 Å². The van der Waals surface area contributed by atoms with Gasteiger partial charge in [-0.3, -0.25) is 0 Å². The summed E-state index contributed by atoms with van der Waals surface area (Å²) in [4.78, 5) is 1.23. The summed E-state index contributed by atoms with van der Waals surface area (Å²) >= 11 is 1.71. The summed E-state index contributed by atoms with van der Waals surface area (Å²) in [6.45, 7) is 4.04. The largest absolute Gasteiger partial charge is 0.396 e. The lowest BCUT2D eigenvalue weighted by molar-refractivity contribution is 0.132. The van der Waals surface area contributed by atoms with Crippen LogP contribution in [0.25, 0.3) is 0 Å². The van der Waals surface area contributed by atoms with Gasteiger partial charge in [-0.2, -0.15) is 0 Å². The van der Waals surface area contributed by atoms with E-state index in [9.17, 15) is 5.11 Å². The van der Waals surface area contributed by atoms with Crippen molar-refractivity contribution in [1.29, 1.82) is 0 Å². The fourth-order valence-corrected chi connectivity index (χ4v) is 1.77. The lowest BCUT2D eigenvalue weighted by Gasteiger charge is -2.29. The smallest absolute Gasteiger partial charge is 0.0500 e. The Morgan fingerprint density at radius 2 is 1.87 bits per heavy atom. The Morgan fingerprint density at radius 3 is 2.27 bits per heavy atom. The van der Waals surface area contributed by atoms with Crippen molar-refractivity contribution < 1.29 is 5.11 Å². The molecule has 3 N–H and O–H groups in total. The first kappa shape index (κ1) is 12.6. The third-order valence-electron chi connectivity index (χ3n) is 2.72. The van der Waals surface area contributed by atoms with E-state index in [-0.39, 0.29) is 18.1 Å². The van der Waals surface area contributed by atoms with Crippen LogP contribution in [-0.2, 0) is 0 Å². The van der Waals surface area contributed by atoms with Crippen LogP contribution >= 0.6 is 11.8 Å². The first-order chi connectivity index (χ1) is 7.01. The zero-order chi connectivity index (χ0) is 11.5. The summed E-state index contributed by atoms with van der Waals surface area (Å²) in [7, 11) is 0. The molecule has 1 atom stereocenters. The molecule has 0 aliphatic heterocycles. The summed E-state index contributed by atoms with van der Waals surface area (Å²) in [6, 6.07) is 8.07. The van der Waals surface area contributed by atoms with Crippen LogP contribution in [0, 0.1) is 5.41 Å². The zero-order valence-electron chi connectivity index (χ0n) is 9.53. The Balaban J connectivity index is 2.87. The molecule has 0 fully saturated rings. The molecule has 0 aliphatic carbocycles. The molecule has 0 aromatic heterocycles. The standard InChI is InChI=1S/C12H19NOS/c1-12(2,8-14)11(13)9-4-6-10(15-3)7-5-9/h4-7,11,14H,8,13H2,1-3H3/t11-/m0/s1. The molecule has 1 aromatic rings. The number of aliphatic hydroxyl groups excluding tert-OH is 1. The molecular formula is C12H19NOS. The molecule has 0 saturated heterocycles. The third-order valence-corrected chi connectivity index (χ3v) is 3.47. The minimum Gasteiger partial charge on any atom is -0.396 e. The molecule has 1 rings (SSSR count). The SMILES string of the molecule is CSc1ccc([C@H](N)C(C)(C)CO)cc1. The fourth-order valence-electron chi connectivity index (χ4n) is 1.36. The van der Waals surface area contributed by atoms with E-state index in [0.717, 1.165) is 5.56 Å². The van der Waals surface area contributed by atoms with Crippen LogP contribution in [0.3, 0.4) is 0 Å². The predicted octanol–water partition coefficient (Wildman–Crippen LogP) is 2.43. The van der Waals surface area contributed by atoms with Gasteiger partial charge in [-0.1, -0.05) is 26.0 Å².